The van der Waals surface area contributed by atoms with Crippen LogP contribution in [0.4, 0.5) is 4.79 Å². The maximum Gasteiger partial charge on any atom is 0.407 e. The number of aliphatic carboxylic acids is 1. The number of hydrogen-bond donors (Lipinski definition) is 2. The average Bonchev–Trinajstić information content (AvgIpc) is 2.58. The fourth-order valence-corrected chi connectivity index (χ4v) is 2.22. The number of benzene rings is 2. The highest BCUT2D eigenvalue weighted by molar-refractivity contribution is 5.69. The predicted octanol–water partition coefficient (Wildman–Crippen LogP) is 3.17. The lowest BCUT2D eigenvalue weighted by Gasteiger charge is -2.16. The van der Waals surface area contributed by atoms with Crippen molar-refractivity contribution in [2.75, 3.05) is 6.54 Å². The maximum absolute atomic E-state index is 11.8. The Morgan fingerprint density at radius 2 is 1.61 bits per heavy atom. The van der Waals surface area contributed by atoms with Crippen LogP contribution >= 0.6 is 0 Å². The zero-order valence-electron chi connectivity index (χ0n) is 12.6. The van der Waals surface area contributed by atoms with Gasteiger partial charge in [0.15, 0.2) is 0 Å². The lowest BCUT2D eigenvalue weighted by Crippen LogP contribution is -2.29. The fourth-order valence-electron chi connectivity index (χ4n) is 2.22. The summed E-state index contributed by atoms with van der Waals surface area (Å²) in [5.41, 5.74) is 1.77. The molecule has 1 atom stereocenters. The largest absolute Gasteiger partial charge is 0.481 e. The van der Waals surface area contributed by atoms with Crippen molar-refractivity contribution < 1.29 is 19.4 Å². The summed E-state index contributed by atoms with van der Waals surface area (Å²) in [6, 6.07) is 18.6. The van der Waals surface area contributed by atoms with Crippen LogP contribution in [0.5, 0.6) is 0 Å². The summed E-state index contributed by atoms with van der Waals surface area (Å²) in [5.74, 6) is -1.20. The monoisotopic (exact) mass is 313 g/mol. The smallest absolute Gasteiger partial charge is 0.407 e. The third-order valence-electron chi connectivity index (χ3n) is 3.40. The van der Waals surface area contributed by atoms with Crippen molar-refractivity contribution in [3.8, 4) is 0 Å². The van der Waals surface area contributed by atoms with Crippen molar-refractivity contribution >= 4 is 12.1 Å². The van der Waals surface area contributed by atoms with Crippen LogP contribution < -0.4 is 5.32 Å². The van der Waals surface area contributed by atoms with Crippen molar-refractivity contribution in [2.45, 2.75) is 18.9 Å². The number of alkyl carbamates (subject to hydrolysis) is 1. The molecule has 2 aromatic rings. The first-order valence-electron chi connectivity index (χ1n) is 7.36. The Balaban J connectivity index is 1.85. The summed E-state index contributed by atoms with van der Waals surface area (Å²) in [6.45, 7) is 0.394. The second-order valence-corrected chi connectivity index (χ2v) is 5.15. The molecule has 0 aliphatic rings. The summed E-state index contributed by atoms with van der Waals surface area (Å²) in [7, 11) is 0. The van der Waals surface area contributed by atoms with Gasteiger partial charge in [-0.05, 0) is 11.1 Å². The number of hydrogen-bond acceptors (Lipinski definition) is 3. The first kappa shape index (κ1) is 16.5. The van der Waals surface area contributed by atoms with E-state index in [0.29, 0.717) is 0 Å². The molecule has 0 fully saturated rings. The second-order valence-electron chi connectivity index (χ2n) is 5.15. The molecule has 0 heterocycles. The van der Waals surface area contributed by atoms with Crippen LogP contribution in [0.1, 0.15) is 23.5 Å². The van der Waals surface area contributed by atoms with Crippen LogP contribution in [-0.4, -0.2) is 23.7 Å². The van der Waals surface area contributed by atoms with Crippen molar-refractivity contribution in [3.05, 3.63) is 71.8 Å². The molecule has 0 saturated heterocycles. The maximum atomic E-state index is 11.8. The van der Waals surface area contributed by atoms with E-state index < -0.39 is 12.1 Å². The van der Waals surface area contributed by atoms with E-state index in [0.717, 1.165) is 11.1 Å². The normalized spacial score (nSPS) is 11.5. The van der Waals surface area contributed by atoms with Crippen LogP contribution in [0.3, 0.4) is 0 Å². The second kappa shape index (κ2) is 8.58. The molecule has 0 spiro atoms. The Labute approximate surface area is 134 Å². The zero-order chi connectivity index (χ0) is 16.5. The van der Waals surface area contributed by atoms with Crippen molar-refractivity contribution in [3.63, 3.8) is 0 Å². The number of nitrogens with one attached hydrogen (secondary N) is 1. The quantitative estimate of drug-likeness (QED) is 0.823. The van der Waals surface area contributed by atoms with Crippen LogP contribution in [-0.2, 0) is 16.1 Å². The Hall–Kier alpha value is -2.82. The van der Waals surface area contributed by atoms with Gasteiger partial charge in [0.05, 0.1) is 6.42 Å². The molecule has 2 N–H and O–H groups in total. The Morgan fingerprint density at radius 1 is 1.00 bits per heavy atom. The van der Waals surface area contributed by atoms with Crippen LogP contribution in [0, 0.1) is 0 Å². The zero-order valence-corrected chi connectivity index (χ0v) is 12.6. The van der Waals surface area contributed by atoms with E-state index in [4.69, 9.17) is 9.84 Å². The van der Waals surface area contributed by atoms with Gasteiger partial charge in [-0.25, -0.2) is 4.79 Å². The molecule has 5 nitrogen and oxygen atoms in total. The molecule has 2 aromatic carbocycles. The fraction of sp³-hybridized carbons (Fsp3) is 0.222. The number of rotatable bonds is 7. The minimum Gasteiger partial charge on any atom is -0.481 e. The molecule has 2 rings (SSSR count). The molecule has 23 heavy (non-hydrogen) atoms. The minimum atomic E-state index is -0.904. The lowest BCUT2D eigenvalue weighted by atomic mass is 9.96. The lowest BCUT2D eigenvalue weighted by molar-refractivity contribution is -0.137. The summed E-state index contributed by atoms with van der Waals surface area (Å²) in [4.78, 5) is 22.8. The Kier molecular flexibility index (Phi) is 6.17. The first-order chi connectivity index (χ1) is 11.1. The third kappa shape index (κ3) is 5.82. The summed E-state index contributed by atoms with van der Waals surface area (Å²) in [5, 5.41) is 11.7. The van der Waals surface area contributed by atoms with Gasteiger partial charge in [0, 0.05) is 12.5 Å². The van der Waals surface area contributed by atoms with Gasteiger partial charge in [-0.3, -0.25) is 4.79 Å². The van der Waals surface area contributed by atoms with Crippen molar-refractivity contribution in [2.24, 2.45) is 0 Å². The summed E-state index contributed by atoms with van der Waals surface area (Å²) in [6.07, 6.45) is -0.608. The van der Waals surface area contributed by atoms with Gasteiger partial charge in [0.2, 0.25) is 0 Å². The third-order valence-corrected chi connectivity index (χ3v) is 3.40. The number of carboxylic acids is 1. The van der Waals surface area contributed by atoms with E-state index in [1.54, 1.807) is 0 Å². The summed E-state index contributed by atoms with van der Waals surface area (Å²) < 4.78 is 5.12. The molecule has 1 amide bonds. The van der Waals surface area contributed by atoms with E-state index in [2.05, 4.69) is 5.32 Å². The van der Waals surface area contributed by atoms with Gasteiger partial charge in [-0.15, -0.1) is 0 Å². The highest BCUT2D eigenvalue weighted by Gasteiger charge is 2.16. The van der Waals surface area contributed by atoms with E-state index >= 15 is 0 Å². The Morgan fingerprint density at radius 3 is 2.22 bits per heavy atom. The number of amides is 1. The minimum absolute atomic E-state index is 0.0526. The predicted molar refractivity (Wildman–Crippen MR) is 86.1 cm³/mol. The highest BCUT2D eigenvalue weighted by Crippen LogP contribution is 2.18. The van der Waals surface area contributed by atoms with Gasteiger partial charge < -0.3 is 15.2 Å². The van der Waals surface area contributed by atoms with Gasteiger partial charge in [0.25, 0.3) is 0 Å². The first-order valence-corrected chi connectivity index (χ1v) is 7.36. The van der Waals surface area contributed by atoms with Crippen LogP contribution in [0.25, 0.3) is 0 Å². The molecule has 120 valence electrons. The van der Waals surface area contributed by atoms with Crippen molar-refractivity contribution in [1.29, 1.82) is 0 Å². The van der Waals surface area contributed by atoms with E-state index in [-0.39, 0.29) is 25.5 Å². The van der Waals surface area contributed by atoms with E-state index in [9.17, 15) is 9.59 Å². The number of carbonyl (C=O) groups is 2. The molecule has 0 aliphatic carbocycles. The van der Waals surface area contributed by atoms with Crippen molar-refractivity contribution in [1.82, 2.24) is 5.32 Å². The van der Waals surface area contributed by atoms with Gasteiger partial charge >= 0.3 is 12.1 Å². The van der Waals surface area contributed by atoms with Gasteiger partial charge in [-0.2, -0.15) is 0 Å². The van der Waals surface area contributed by atoms with Crippen LogP contribution in [0.2, 0.25) is 0 Å². The average molecular weight is 313 g/mol. The molecular weight excluding hydrogens is 294 g/mol. The molecule has 0 aliphatic heterocycles. The van der Waals surface area contributed by atoms with E-state index in [1.165, 1.54) is 0 Å². The van der Waals surface area contributed by atoms with Gasteiger partial charge in [0.1, 0.15) is 6.61 Å². The van der Waals surface area contributed by atoms with Crippen LogP contribution in [0.15, 0.2) is 60.7 Å². The molecule has 0 bridgehead atoms. The number of carboxylic acid groups (broad SMARTS) is 1. The Bertz CT molecular complexity index is 628. The molecule has 0 saturated carbocycles. The molecule has 0 unspecified atom stereocenters. The molecular formula is C18H19NO4. The highest BCUT2D eigenvalue weighted by atomic mass is 16.5. The molecule has 0 aromatic heterocycles. The molecule has 5 heteroatoms. The standard InChI is InChI=1S/C18H19NO4/c20-17(21)11-16(15-9-5-2-6-10-15)12-19-18(22)23-13-14-7-3-1-4-8-14/h1-10,16H,11-13H2,(H,19,22)(H,20,21)/t16-/m1/s1. The molecule has 0 radical (unpaired) electrons. The number of ether oxygens (including phenoxy) is 1. The summed E-state index contributed by atoms with van der Waals surface area (Å²) >= 11 is 0. The topological polar surface area (TPSA) is 75.6 Å². The van der Waals surface area contributed by atoms with Gasteiger partial charge in [-0.1, -0.05) is 60.7 Å². The SMILES string of the molecule is O=C(O)C[C@H](CNC(=O)OCc1ccccc1)c1ccccc1. The number of carbonyl (C=O) groups excluding carboxylic acids is 1. The van der Waals surface area contributed by atoms with E-state index in [1.807, 2.05) is 60.7 Å².